The van der Waals surface area contributed by atoms with E-state index < -0.39 is 22.4 Å². The first-order valence-corrected chi connectivity index (χ1v) is 10.5. The number of amides is 3. The number of nitro groups is 1. The number of imide groups is 1. The van der Waals surface area contributed by atoms with Gasteiger partial charge in [-0.25, -0.2) is 13.9 Å². The first-order chi connectivity index (χ1) is 15.8. The minimum Gasteiger partial charge on any atom is -0.319 e. The molecule has 0 spiro atoms. The number of rotatable bonds is 5. The molecule has 33 heavy (non-hydrogen) atoms. The molecule has 1 aliphatic heterocycles. The molecule has 1 N–H and O–H groups in total. The molecule has 1 fully saturated rings. The zero-order valence-electron chi connectivity index (χ0n) is 17.7. The van der Waals surface area contributed by atoms with Gasteiger partial charge in [-0.2, -0.15) is 5.10 Å². The third-order valence-electron chi connectivity index (χ3n) is 6.32. The largest absolute Gasteiger partial charge is 0.325 e. The maximum Gasteiger partial charge on any atom is 0.325 e. The third kappa shape index (κ3) is 3.34. The number of halogens is 1. The van der Waals surface area contributed by atoms with E-state index in [1.807, 2.05) is 0 Å². The lowest BCUT2D eigenvalue weighted by Crippen LogP contribution is -2.40. The van der Waals surface area contributed by atoms with Gasteiger partial charge in [0.15, 0.2) is 0 Å². The summed E-state index contributed by atoms with van der Waals surface area (Å²) in [6.45, 7) is 1.58. The van der Waals surface area contributed by atoms with Gasteiger partial charge in [0.2, 0.25) is 0 Å². The minimum atomic E-state index is -1.34. The van der Waals surface area contributed by atoms with Gasteiger partial charge in [-0.15, -0.1) is 0 Å². The van der Waals surface area contributed by atoms with Crippen LogP contribution in [0.25, 0.3) is 5.69 Å². The Morgan fingerprint density at radius 3 is 2.48 bits per heavy atom. The highest BCUT2D eigenvalue weighted by Gasteiger charge is 2.49. The SMILES string of the molecule is CC1(c2ccc([N+](=O)[O-])cc2)NC(=O)N(Cc2nn(-c3ccc(F)cc3)c3c2CCC3)C1=O. The zero-order valence-corrected chi connectivity index (χ0v) is 17.7. The van der Waals surface area contributed by atoms with Crippen LogP contribution in [0.5, 0.6) is 0 Å². The van der Waals surface area contributed by atoms with E-state index in [9.17, 15) is 24.1 Å². The molecule has 10 heteroatoms. The summed E-state index contributed by atoms with van der Waals surface area (Å²) in [4.78, 5) is 37.6. The second-order valence-corrected chi connectivity index (χ2v) is 8.36. The lowest BCUT2D eigenvalue weighted by atomic mass is 9.92. The predicted molar refractivity (Wildman–Crippen MR) is 115 cm³/mol. The maximum absolute atomic E-state index is 13.4. The van der Waals surface area contributed by atoms with E-state index in [1.165, 1.54) is 36.4 Å². The normalized spacial score (nSPS) is 19.6. The molecule has 1 atom stereocenters. The number of aromatic nitrogens is 2. The second kappa shape index (κ2) is 7.51. The van der Waals surface area contributed by atoms with Crippen LogP contribution in [-0.2, 0) is 29.7 Å². The van der Waals surface area contributed by atoms with E-state index in [4.69, 9.17) is 0 Å². The fourth-order valence-electron chi connectivity index (χ4n) is 4.54. The minimum absolute atomic E-state index is 0.00374. The first-order valence-electron chi connectivity index (χ1n) is 10.5. The standard InChI is InChI=1S/C23H20FN5O4/c1-23(14-5-9-17(10-6-14)29(32)33)21(30)27(22(31)25-23)13-19-18-3-2-4-20(18)28(26-19)16-11-7-15(24)8-12-16/h5-12H,2-4,13H2,1H3,(H,25,31). The molecule has 9 nitrogen and oxygen atoms in total. The van der Waals surface area contributed by atoms with E-state index in [2.05, 4.69) is 10.4 Å². The van der Waals surface area contributed by atoms with Crippen molar-refractivity contribution in [3.8, 4) is 5.69 Å². The van der Waals surface area contributed by atoms with Crippen LogP contribution in [0.3, 0.4) is 0 Å². The Kier molecular flexibility index (Phi) is 4.73. The van der Waals surface area contributed by atoms with Crippen molar-refractivity contribution in [2.45, 2.75) is 38.3 Å². The van der Waals surface area contributed by atoms with Crippen molar-refractivity contribution in [2.24, 2.45) is 0 Å². The zero-order chi connectivity index (χ0) is 23.3. The predicted octanol–water partition coefficient (Wildman–Crippen LogP) is 3.38. The summed E-state index contributed by atoms with van der Waals surface area (Å²) >= 11 is 0. The molecule has 0 bridgehead atoms. The molecule has 0 saturated carbocycles. The van der Waals surface area contributed by atoms with Crippen molar-refractivity contribution in [3.05, 3.63) is 87.0 Å². The number of carbonyl (C=O) groups excluding carboxylic acids is 2. The molecular formula is C23H20FN5O4. The van der Waals surface area contributed by atoms with Gasteiger partial charge < -0.3 is 5.32 Å². The van der Waals surface area contributed by atoms with Gasteiger partial charge in [0.25, 0.3) is 11.6 Å². The Morgan fingerprint density at radius 2 is 1.82 bits per heavy atom. The fourth-order valence-corrected chi connectivity index (χ4v) is 4.54. The Balaban J connectivity index is 1.45. The quantitative estimate of drug-likeness (QED) is 0.365. The Bertz CT molecular complexity index is 1290. The molecule has 3 aromatic rings. The molecule has 5 rings (SSSR count). The number of fused-ring (bicyclic) bond motifs is 1. The molecule has 1 saturated heterocycles. The number of benzene rings is 2. The Labute approximate surface area is 188 Å². The molecule has 2 aliphatic rings. The Hall–Kier alpha value is -4.08. The van der Waals surface area contributed by atoms with Crippen molar-refractivity contribution >= 4 is 17.6 Å². The highest BCUT2D eigenvalue weighted by molar-refractivity contribution is 6.07. The average molecular weight is 449 g/mol. The van der Waals surface area contributed by atoms with Crippen molar-refractivity contribution < 1.29 is 18.9 Å². The number of hydrogen-bond donors (Lipinski definition) is 1. The maximum atomic E-state index is 13.4. The van der Waals surface area contributed by atoms with Crippen molar-refractivity contribution in [1.82, 2.24) is 20.0 Å². The molecular weight excluding hydrogens is 429 g/mol. The summed E-state index contributed by atoms with van der Waals surface area (Å²) in [6.07, 6.45) is 2.53. The lowest BCUT2D eigenvalue weighted by molar-refractivity contribution is -0.384. The summed E-state index contributed by atoms with van der Waals surface area (Å²) in [5.74, 6) is -0.794. The van der Waals surface area contributed by atoms with Gasteiger partial charge in [0.05, 0.1) is 22.8 Å². The van der Waals surface area contributed by atoms with Crippen LogP contribution in [0, 0.1) is 15.9 Å². The Morgan fingerprint density at radius 1 is 1.12 bits per heavy atom. The van der Waals surface area contributed by atoms with Gasteiger partial charge in [-0.1, -0.05) is 0 Å². The van der Waals surface area contributed by atoms with Crippen LogP contribution < -0.4 is 5.32 Å². The fraction of sp³-hybridized carbons (Fsp3) is 0.261. The number of carbonyl (C=O) groups is 2. The number of urea groups is 1. The van der Waals surface area contributed by atoms with E-state index >= 15 is 0 Å². The van der Waals surface area contributed by atoms with Crippen LogP contribution in [-0.4, -0.2) is 31.5 Å². The molecule has 168 valence electrons. The molecule has 1 aromatic heterocycles. The summed E-state index contributed by atoms with van der Waals surface area (Å²) < 4.78 is 15.1. The number of hydrogen-bond acceptors (Lipinski definition) is 5. The molecule has 2 heterocycles. The highest BCUT2D eigenvalue weighted by Crippen LogP contribution is 2.33. The topological polar surface area (TPSA) is 110 Å². The number of non-ortho nitro benzene ring substituents is 1. The van der Waals surface area contributed by atoms with Crippen molar-refractivity contribution in [3.63, 3.8) is 0 Å². The highest BCUT2D eigenvalue weighted by atomic mass is 19.1. The van der Waals surface area contributed by atoms with E-state index in [1.54, 1.807) is 23.7 Å². The summed E-state index contributed by atoms with van der Waals surface area (Å²) in [5, 5.41) is 18.3. The van der Waals surface area contributed by atoms with Crippen LogP contribution >= 0.6 is 0 Å². The summed E-state index contributed by atoms with van der Waals surface area (Å²) in [5.41, 5.74) is 2.37. The second-order valence-electron chi connectivity index (χ2n) is 8.36. The third-order valence-corrected chi connectivity index (χ3v) is 6.32. The van der Waals surface area contributed by atoms with E-state index in [0.717, 1.165) is 35.4 Å². The number of nitrogens with one attached hydrogen (secondary N) is 1. The number of nitrogens with zero attached hydrogens (tertiary/aromatic N) is 4. The number of nitro benzene ring substituents is 1. The summed E-state index contributed by atoms with van der Waals surface area (Å²) in [7, 11) is 0. The monoisotopic (exact) mass is 449 g/mol. The first kappa shape index (κ1) is 20.8. The van der Waals surface area contributed by atoms with Gasteiger partial charge in [-0.3, -0.25) is 19.8 Å². The van der Waals surface area contributed by atoms with Gasteiger partial charge >= 0.3 is 6.03 Å². The van der Waals surface area contributed by atoms with Gasteiger partial charge in [0.1, 0.15) is 11.4 Å². The van der Waals surface area contributed by atoms with Crippen LogP contribution in [0.2, 0.25) is 0 Å². The lowest BCUT2D eigenvalue weighted by Gasteiger charge is -2.22. The van der Waals surface area contributed by atoms with Crippen molar-refractivity contribution in [1.29, 1.82) is 0 Å². The van der Waals surface area contributed by atoms with Crippen LogP contribution in [0.4, 0.5) is 14.9 Å². The molecule has 3 amide bonds. The average Bonchev–Trinajstić information content (AvgIpc) is 3.46. The van der Waals surface area contributed by atoms with E-state index in [-0.39, 0.29) is 18.0 Å². The van der Waals surface area contributed by atoms with Gasteiger partial charge in [-0.05, 0) is 73.7 Å². The summed E-state index contributed by atoms with van der Waals surface area (Å²) in [6, 6.07) is 11.0. The van der Waals surface area contributed by atoms with E-state index in [0.29, 0.717) is 16.9 Å². The molecule has 0 radical (unpaired) electrons. The molecule has 1 unspecified atom stereocenters. The smallest absolute Gasteiger partial charge is 0.319 e. The molecule has 2 aromatic carbocycles. The van der Waals surface area contributed by atoms with Crippen molar-refractivity contribution in [2.75, 3.05) is 0 Å². The molecule has 1 aliphatic carbocycles. The van der Waals surface area contributed by atoms with Crippen LogP contribution in [0.1, 0.15) is 35.9 Å². The van der Waals surface area contributed by atoms with Gasteiger partial charge in [0, 0.05) is 17.8 Å². The van der Waals surface area contributed by atoms with Crippen LogP contribution in [0.15, 0.2) is 48.5 Å².